The second-order valence-electron chi connectivity index (χ2n) is 4.64. The predicted molar refractivity (Wildman–Crippen MR) is 71.5 cm³/mol. The van der Waals surface area contributed by atoms with Crippen LogP contribution in [0.4, 0.5) is 0 Å². The average molecular weight is 243 g/mol. The van der Waals surface area contributed by atoms with Gasteiger partial charge in [0.2, 0.25) is 0 Å². The second kappa shape index (κ2) is 5.08. The lowest BCUT2D eigenvalue weighted by molar-refractivity contribution is 0.0943. The number of benzene rings is 1. The molecule has 1 heterocycles. The summed E-state index contributed by atoms with van der Waals surface area (Å²) < 4.78 is 5.38. The molecule has 3 nitrogen and oxygen atoms in total. The van der Waals surface area contributed by atoms with Crippen LogP contribution in [0.25, 0.3) is 11.3 Å². The summed E-state index contributed by atoms with van der Waals surface area (Å²) in [6, 6.07) is 9.51. The summed E-state index contributed by atoms with van der Waals surface area (Å²) in [7, 11) is 0. The van der Waals surface area contributed by atoms with Gasteiger partial charge in [0.25, 0.3) is 5.91 Å². The van der Waals surface area contributed by atoms with E-state index in [0.29, 0.717) is 5.56 Å². The summed E-state index contributed by atoms with van der Waals surface area (Å²) in [6.07, 6.45) is 1.63. The zero-order chi connectivity index (χ0) is 13.1. The van der Waals surface area contributed by atoms with Gasteiger partial charge >= 0.3 is 0 Å². The molecular formula is C15H17NO2. The Balaban J connectivity index is 2.35. The molecule has 0 saturated heterocycles. The number of hydrogen-bond donors (Lipinski definition) is 1. The molecule has 94 valence electrons. The van der Waals surface area contributed by atoms with Crippen molar-refractivity contribution in [1.29, 1.82) is 0 Å². The van der Waals surface area contributed by atoms with Crippen LogP contribution in [0.2, 0.25) is 0 Å². The van der Waals surface area contributed by atoms with Crippen LogP contribution in [0.3, 0.4) is 0 Å². The van der Waals surface area contributed by atoms with Gasteiger partial charge in [0, 0.05) is 17.2 Å². The molecule has 0 aliphatic rings. The highest BCUT2D eigenvalue weighted by atomic mass is 16.3. The SMILES string of the molecule is Cc1ccc(C(=O)NC(C)C)cc1-c1ccco1. The minimum Gasteiger partial charge on any atom is -0.464 e. The normalized spacial score (nSPS) is 10.7. The summed E-state index contributed by atoms with van der Waals surface area (Å²) in [4.78, 5) is 11.9. The van der Waals surface area contributed by atoms with Gasteiger partial charge in [-0.05, 0) is 50.6 Å². The third kappa shape index (κ3) is 2.62. The molecule has 0 bridgehead atoms. The Morgan fingerprint density at radius 1 is 1.28 bits per heavy atom. The Morgan fingerprint density at radius 3 is 2.67 bits per heavy atom. The standard InChI is InChI=1S/C15H17NO2/c1-10(2)16-15(17)12-7-6-11(3)13(9-12)14-5-4-8-18-14/h4-10H,1-3H3,(H,16,17). The van der Waals surface area contributed by atoms with E-state index >= 15 is 0 Å². The van der Waals surface area contributed by atoms with Crippen molar-refractivity contribution in [3.63, 3.8) is 0 Å². The number of hydrogen-bond acceptors (Lipinski definition) is 2. The van der Waals surface area contributed by atoms with Gasteiger partial charge < -0.3 is 9.73 Å². The van der Waals surface area contributed by atoms with Gasteiger partial charge in [-0.3, -0.25) is 4.79 Å². The molecule has 0 radical (unpaired) electrons. The first-order chi connectivity index (χ1) is 8.58. The van der Waals surface area contributed by atoms with Gasteiger partial charge in [-0.2, -0.15) is 0 Å². The molecule has 0 saturated carbocycles. The molecule has 0 atom stereocenters. The van der Waals surface area contributed by atoms with Gasteiger partial charge in [0.1, 0.15) is 5.76 Å². The third-order valence-electron chi connectivity index (χ3n) is 2.71. The number of furan rings is 1. The van der Waals surface area contributed by atoms with E-state index < -0.39 is 0 Å². The van der Waals surface area contributed by atoms with Crippen molar-refractivity contribution in [3.05, 3.63) is 47.7 Å². The van der Waals surface area contributed by atoms with Gasteiger partial charge in [-0.15, -0.1) is 0 Å². The lowest BCUT2D eigenvalue weighted by atomic mass is 10.0. The summed E-state index contributed by atoms with van der Waals surface area (Å²) in [5, 5.41) is 2.88. The van der Waals surface area contributed by atoms with Crippen LogP contribution in [-0.2, 0) is 0 Å². The Morgan fingerprint density at radius 2 is 2.06 bits per heavy atom. The summed E-state index contributed by atoms with van der Waals surface area (Å²) in [5.74, 6) is 0.726. The van der Waals surface area contributed by atoms with Crippen LogP contribution < -0.4 is 5.32 Å². The van der Waals surface area contributed by atoms with Gasteiger partial charge in [0.05, 0.1) is 6.26 Å². The summed E-state index contributed by atoms with van der Waals surface area (Å²) >= 11 is 0. The molecule has 1 N–H and O–H groups in total. The summed E-state index contributed by atoms with van der Waals surface area (Å²) in [5.41, 5.74) is 2.70. The zero-order valence-electron chi connectivity index (χ0n) is 10.9. The van der Waals surface area contributed by atoms with Crippen molar-refractivity contribution in [3.8, 4) is 11.3 Å². The first-order valence-corrected chi connectivity index (χ1v) is 6.03. The van der Waals surface area contributed by atoms with E-state index in [0.717, 1.165) is 16.9 Å². The lowest BCUT2D eigenvalue weighted by Crippen LogP contribution is -2.30. The molecule has 0 aliphatic carbocycles. The average Bonchev–Trinajstić information content (AvgIpc) is 2.82. The molecule has 0 spiro atoms. The number of carbonyl (C=O) groups is 1. The monoisotopic (exact) mass is 243 g/mol. The molecule has 2 rings (SSSR count). The topological polar surface area (TPSA) is 42.2 Å². The number of aryl methyl sites for hydroxylation is 1. The van der Waals surface area contributed by atoms with Crippen LogP contribution in [-0.4, -0.2) is 11.9 Å². The maximum absolute atomic E-state index is 11.9. The maximum atomic E-state index is 11.9. The Labute approximate surface area is 107 Å². The van der Waals surface area contributed by atoms with Crippen molar-refractivity contribution in [2.45, 2.75) is 26.8 Å². The number of carbonyl (C=O) groups excluding carboxylic acids is 1. The molecule has 1 aromatic carbocycles. The largest absolute Gasteiger partial charge is 0.464 e. The fourth-order valence-corrected chi connectivity index (χ4v) is 1.81. The maximum Gasteiger partial charge on any atom is 0.251 e. The fourth-order valence-electron chi connectivity index (χ4n) is 1.81. The molecule has 2 aromatic rings. The van der Waals surface area contributed by atoms with Crippen LogP contribution in [0.15, 0.2) is 41.0 Å². The van der Waals surface area contributed by atoms with E-state index in [9.17, 15) is 4.79 Å². The van der Waals surface area contributed by atoms with Crippen molar-refractivity contribution < 1.29 is 9.21 Å². The molecule has 0 fully saturated rings. The number of nitrogens with one attached hydrogen (secondary N) is 1. The number of rotatable bonds is 3. The van der Waals surface area contributed by atoms with Gasteiger partial charge in [0.15, 0.2) is 0 Å². The molecule has 1 aromatic heterocycles. The van der Waals surface area contributed by atoms with E-state index in [1.165, 1.54) is 0 Å². The predicted octanol–water partition coefficient (Wildman–Crippen LogP) is 3.39. The first-order valence-electron chi connectivity index (χ1n) is 6.03. The molecule has 0 unspecified atom stereocenters. The van der Waals surface area contributed by atoms with Crippen molar-refractivity contribution in [1.82, 2.24) is 5.32 Å². The smallest absolute Gasteiger partial charge is 0.251 e. The Hall–Kier alpha value is -2.03. The molecule has 3 heteroatoms. The number of amides is 1. The van der Waals surface area contributed by atoms with Crippen LogP contribution >= 0.6 is 0 Å². The fraction of sp³-hybridized carbons (Fsp3) is 0.267. The Bertz CT molecular complexity index is 542. The first kappa shape index (κ1) is 12.4. The van der Waals surface area contributed by atoms with E-state index in [1.807, 2.05) is 51.1 Å². The second-order valence-corrected chi connectivity index (χ2v) is 4.64. The van der Waals surface area contributed by atoms with E-state index in [-0.39, 0.29) is 11.9 Å². The van der Waals surface area contributed by atoms with Crippen molar-refractivity contribution >= 4 is 5.91 Å². The molecular weight excluding hydrogens is 226 g/mol. The highest BCUT2D eigenvalue weighted by Gasteiger charge is 2.11. The zero-order valence-corrected chi connectivity index (χ0v) is 10.9. The van der Waals surface area contributed by atoms with E-state index in [1.54, 1.807) is 6.26 Å². The van der Waals surface area contributed by atoms with E-state index in [2.05, 4.69) is 5.32 Å². The van der Waals surface area contributed by atoms with Crippen LogP contribution in [0.5, 0.6) is 0 Å². The van der Waals surface area contributed by atoms with Gasteiger partial charge in [-0.1, -0.05) is 6.07 Å². The third-order valence-corrected chi connectivity index (χ3v) is 2.71. The highest BCUT2D eigenvalue weighted by Crippen LogP contribution is 2.24. The lowest BCUT2D eigenvalue weighted by Gasteiger charge is -2.10. The Kier molecular flexibility index (Phi) is 3.51. The van der Waals surface area contributed by atoms with Crippen molar-refractivity contribution in [2.75, 3.05) is 0 Å². The summed E-state index contributed by atoms with van der Waals surface area (Å²) in [6.45, 7) is 5.89. The van der Waals surface area contributed by atoms with Crippen LogP contribution in [0, 0.1) is 6.92 Å². The van der Waals surface area contributed by atoms with E-state index in [4.69, 9.17) is 4.42 Å². The minimum absolute atomic E-state index is 0.0576. The van der Waals surface area contributed by atoms with Gasteiger partial charge in [-0.25, -0.2) is 0 Å². The highest BCUT2D eigenvalue weighted by molar-refractivity contribution is 5.95. The molecule has 0 aliphatic heterocycles. The van der Waals surface area contributed by atoms with Crippen molar-refractivity contribution in [2.24, 2.45) is 0 Å². The molecule has 1 amide bonds. The molecule has 18 heavy (non-hydrogen) atoms. The van der Waals surface area contributed by atoms with Crippen LogP contribution in [0.1, 0.15) is 29.8 Å². The quantitative estimate of drug-likeness (QED) is 0.897. The minimum atomic E-state index is -0.0576.